The Morgan fingerprint density at radius 3 is 2.33 bits per heavy atom. The van der Waals surface area contributed by atoms with Crippen LogP contribution in [0.2, 0.25) is 0 Å². The lowest BCUT2D eigenvalue weighted by Crippen LogP contribution is -2.40. The van der Waals surface area contributed by atoms with Crippen molar-refractivity contribution in [3.8, 4) is 17.2 Å². The van der Waals surface area contributed by atoms with Crippen LogP contribution >= 0.6 is 56.5 Å². The summed E-state index contributed by atoms with van der Waals surface area (Å²) in [7, 11) is 3.11. The van der Waals surface area contributed by atoms with E-state index in [0.29, 0.717) is 38.7 Å². The van der Waals surface area contributed by atoms with E-state index in [4.69, 9.17) is 23.9 Å². The van der Waals surface area contributed by atoms with E-state index < -0.39 is 12.0 Å². The molecule has 0 saturated heterocycles. The molecule has 1 aliphatic heterocycles. The minimum atomic E-state index is -0.849. The summed E-state index contributed by atoms with van der Waals surface area (Å²) in [6.45, 7) is 2.34. The maximum atomic E-state index is 14.5. The first-order valence-electron chi connectivity index (χ1n) is 16.4. The maximum absolute atomic E-state index is 14.5. The molecule has 0 radical (unpaired) electrons. The monoisotopic (exact) mass is 934 g/mol. The zero-order valence-corrected chi connectivity index (χ0v) is 33.5. The van der Waals surface area contributed by atoms with Crippen molar-refractivity contribution < 1.29 is 23.7 Å². The average Bonchev–Trinajstić information content (AvgIpc) is 3.47. The summed E-state index contributed by atoms with van der Waals surface area (Å²) in [6.07, 6.45) is 1.87. The molecule has 0 N–H and O–H groups in total. The van der Waals surface area contributed by atoms with Gasteiger partial charge < -0.3 is 18.9 Å². The summed E-state index contributed by atoms with van der Waals surface area (Å²) in [5, 5.41) is 2.33. The van der Waals surface area contributed by atoms with Gasteiger partial charge in [0.1, 0.15) is 12.4 Å². The molecule has 0 aliphatic carbocycles. The van der Waals surface area contributed by atoms with Gasteiger partial charge in [0.05, 0.1) is 49.8 Å². The van der Waals surface area contributed by atoms with E-state index in [1.807, 2.05) is 72.8 Å². The molecule has 52 heavy (non-hydrogen) atoms. The largest absolute Gasteiger partial charge is 0.493 e. The Labute approximate surface area is 331 Å². The lowest BCUT2D eigenvalue weighted by Gasteiger charge is -2.26. The SMILES string of the molecule is CCOC(=O)C1=C(c2ccccc2)N=c2s/c(=C\c3cc(I)c(OCc4cccc5ccccc45)c(I)c3)c(=O)n2[C@@H]1c1ccc(OC)c(OC)c1. The number of aromatic nitrogens is 1. The fourth-order valence-electron chi connectivity index (χ4n) is 6.30. The number of hydrogen-bond donors (Lipinski definition) is 0. The van der Waals surface area contributed by atoms with E-state index in [1.165, 1.54) is 16.7 Å². The Morgan fingerprint density at radius 2 is 1.60 bits per heavy atom. The van der Waals surface area contributed by atoms with Crippen LogP contribution < -0.4 is 29.1 Å². The van der Waals surface area contributed by atoms with Crippen LogP contribution in [-0.2, 0) is 16.1 Å². The third-order valence-electron chi connectivity index (χ3n) is 8.67. The van der Waals surface area contributed by atoms with E-state index in [-0.39, 0.29) is 17.7 Å². The number of carbonyl (C=O) groups excluding carboxylic acids is 1. The molecule has 0 saturated carbocycles. The van der Waals surface area contributed by atoms with Crippen LogP contribution in [0.4, 0.5) is 0 Å². The number of halogens is 2. The lowest BCUT2D eigenvalue weighted by atomic mass is 9.93. The van der Waals surface area contributed by atoms with Crippen molar-refractivity contribution in [1.29, 1.82) is 0 Å². The molecular formula is C41H32I2N2O6S. The van der Waals surface area contributed by atoms with Gasteiger partial charge in [-0.15, -0.1) is 0 Å². The van der Waals surface area contributed by atoms with Crippen molar-refractivity contribution in [2.45, 2.75) is 19.6 Å². The molecular weight excluding hydrogens is 902 g/mol. The number of benzene rings is 5. The standard InChI is InChI=1S/C41H32I2N2O6S/c1-4-50-40(47)35-36(26-12-6-5-7-13-26)44-41-45(37(35)27-17-18-32(48-2)33(22-27)49-3)39(46)34(52-41)21-24-19-30(42)38(31(43)20-24)51-23-28-15-10-14-25-11-8-9-16-29(25)28/h5-22,37H,4,23H2,1-3H3/b34-21-/t37-/m1/s1. The topological polar surface area (TPSA) is 88.4 Å². The van der Waals surface area contributed by atoms with Gasteiger partial charge in [-0.25, -0.2) is 9.79 Å². The van der Waals surface area contributed by atoms with Crippen molar-refractivity contribution in [3.05, 3.63) is 158 Å². The summed E-state index contributed by atoms with van der Waals surface area (Å²) >= 11 is 5.84. The third kappa shape index (κ3) is 7.00. The first-order valence-corrected chi connectivity index (χ1v) is 19.4. The fraction of sp³-hybridized carbons (Fsp3) is 0.146. The van der Waals surface area contributed by atoms with Gasteiger partial charge in [0.25, 0.3) is 5.56 Å². The van der Waals surface area contributed by atoms with Gasteiger partial charge in [0.2, 0.25) is 0 Å². The Hall–Kier alpha value is -4.47. The van der Waals surface area contributed by atoms with Crippen molar-refractivity contribution in [1.82, 2.24) is 4.57 Å². The molecule has 7 rings (SSSR count). The molecule has 262 valence electrons. The Balaban J connectivity index is 1.34. The molecule has 0 fully saturated rings. The van der Waals surface area contributed by atoms with Crippen LogP contribution in [-0.4, -0.2) is 31.4 Å². The molecule has 2 heterocycles. The average molecular weight is 935 g/mol. The van der Waals surface area contributed by atoms with E-state index in [9.17, 15) is 9.59 Å². The van der Waals surface area contributed by atoms with Gasteiger partial charge in [0, 0.05) is 5.56 Å². The lowest BCUT2D eigenvalue weighted by molar-refractivity contribution is -0.138. The smallest absolute Gasteiger partial charge is 0.338 e. The number of rotatable bonds is 10. The summed E-state index contributed by atoms with van der Waals surface area (Å²) in [5.74, 6) is 1.23. The molecule has 0 amide bonds. The van der Waals surface area contributed by atoms with Crippen LogP contribution in [0.5, 0.6) is 17.2 Å². The number of nitrogens with zero attached hydrogens (tertiary/aromatic N) is 2. The second-order valence-corrected chi connectivity index (χ2v) is 15.1. The van der Waals surface area contributed by atoms with Gasteiger partial charge in [-0.1, -0.05) is 90.2 Å². The van der Waals surface area contributed by atoms with Gasteiger partial charge in [0.15, 0.2) is 16.3 Å². The molecule has 6 aromatic rings. The summed E-state index contributed by atoms with van der Waals surface area (Å²) in [5.41, 5.74) is 3.76. The Morgan fingerprint density at radius 1 is 0.885 bits per heavy atom. The van der Waals surface area contributed by atoms with E-state index in [0.717, 1.165) is 35.0 Å². The second kappa shape index (κ2) is 15.6. The molecule has 11 heteroatoms. The van der Waals surface area contributed by atoms with Gasteiger partial charge in [-0.2, -0.15) is 0 Å². The minimum absolute atomic E-state index is 0.159. The Bertz CT molecular complexity index is 2520. The highest BCUT2D eigenvalue weighted by atomic mass is 127. The van der Waals surface area contributed by atoms with Gasteiger partial charge >= 0.3 is 5.97 Å². The highest BCUT2D eigenvalue weighted by Gasteiger charge is 2.35. The molecule has 8 nitrogen and oxygen atoms in total. The normalized spacial score (nSPS) is 14.2. The van der Waals surface area contributed by atoms with Crippen LogP contribution in [0, 0.1) is 7.14 Å². The molecule has 5 aromatic carbocycles. The molecule has 0 unspecified atom stereocenters. The van der Waals surface area contributed by atoms with Crippen molar-refractivity contribution >= 4 is 85.0 Å². The van der Waals surface area contributed by atoms with E-state index >= 15 is 0 Å². The highest BCUT2D eigenvalue weighted by Crippen LogP contribution is 2.38. The first kappa shape index (κ1) is 35.9. The predicted molar refractivity (Wildman–Crippen MR) is 221 cm³/mol. The molecule has 1 atom stereocenters. The number of carbonyl (C=O) groups is 1. The van der Waals surface area contributed by atoms with Gasteiger partial charge in [-0.3, -0.25) is 9.36 Å². The predicted octanol–water partition coefficient (Wildman–Crippen LogP) is 7.89. The zero-order valence-electron chi connectivity index (χ0n) is 28.4. The zero-order chi connectivity index (χ0) is 36.4. The summed E-state index contributed by atoms with van der Waals surface area (Å²) in [6, 6.07) is 32.5. The first-order chi connectivity index (χ1) is 25.3. The van der Waals surface area contributed by atoms with Crippen LogP contribution in [0.3, 0.4) is 0 Å². The number of fused-ring (bicyclic) bond motifs is 2. The van der Waals surface area contributed by atoms with Crippen molar-refractivity contribution in [2.75, 3.05) is 20.8 Å². The second-order valence-electron chi connectivity index (χ2n) is 11.8. The molecule has 0 spiro atoms. The van der Waals surface area contributed by atoms with Crippen LogP contribution in [0.15, 0.2) is 118 Å². The Kier molecular flexibility index (Phi) is 10.8. The summed E-state index contributed by atoms with van der Waals surface area (Å²) < 4.78 is 27.0. The van der Waals surface area contributed by atoms with Crippen LogP contribution in [0.25, 0.3) is 22.5 Å². The minimum Gasteiger partial charge on any atom is -0.493 e. The van der Waals surface area contributed by atoms with E-state index in [2.05, 4.69) is 69.4 Å². The number of esters is 1. The fourth-order valence-corrected chi connectivity index (χ4v) is 9.43. The molecule has 0 bridgehead atoms. The van der Waals surface area contributed by atoms with Crippen molar-refractivity contribution in [2.24, 2.45) is 4.99 Å². The van der Waals surface area contributed by atoms with Crippen LogP contribution in [0.1, 0.15) is 35.2 Å². The quantitative estimate of drug-likeness (QED) is 0.103. The van der Waals surface area contributed by atoms with Gasteiger partial charge in [-0.05, 0) is 110 Å². The highest BCUT2D eigenvalue weighted by molar-refractivity contribution is 14.1. The number of methoxy groups -OCH3 is 2. The van der Waals surface area contributed by atoms with E-state index in [1.54, 1.807) is 37.8 Å². The third-order valence-corrected chi connectivity index (χ3v) is 11.3. The summed E-state index contributed by atoms with van der Waals surface area (Å²) in [4.78, 5) is 33.7. The maximum Gasteiger partial charge on any atom is 0.338 e. The number of thiazole rings is 1. The molecule has 1 aliphatic rings. The van der Waals surface area contributed by atoms with Crippen molar-refractivity contribution in [3.63, 3.8) is 0 Å². The molecule has 1 aromatic heterocycles. The number of ether oxygens (including phenoxy) is 4. The number of hydrogen-bond acceptors (Lipinski definition) is 8.